The molecule has 0 atom stereocenters. The predicted octanol–water partition coefficient (Wildman–Crippen LogP) is 4.40. The standard InChI is InChI=1S/C13H16Cl2O/c1-16-12-5-4-10(15)8-11(12)13(9-14)6-2-3-7-13/h4-5,8H,2-3,6-7,9H2,1H3. The van der Waals surface area contributed by atoms with Crippen LogP contribution in [-0.4, -0.2) is 13.0 Å². The summed E-state index contributed by atoms with van der Waals surface area (Å²) >= 11 is 12.3. The van der Waals surface area contributed by atoms with Gasteiger partial charge in [0.15, 0.2) is 0 Å². The molecular formula is C13H16Cl2O. The Kier molecular flexibility index (Phi) is 3.66. The van der Waals surface area contributed by atoms with E-state index in [1.54, 1.807) is 7.11 Å². The van der Waals surface area contributed by atoms with Crippen molar-refractivity contribution in [1.29, 1.82) is 0 Å². The lowest BCUT2D eigenvalue weighted by Crippen LogP contribution is -2.24. The molecule has 0 heterocycles. The van der Waals surface area contributed by atoms with Gasteiger partial charge >= 0.3 is 0 Å². The molecule has 0 spiro atoms. The Morgan fingerprint density at radius 1 is 1.31 bits per heavy atom. The van der Waals surface area contributed by atoms with Crippen LogP contribution in [0.3, 0.4) is 0 Å². The molecule has 1 aromatic rings. The van der Waals surface area contributed by atoms with Crippen LogP contribution in [0, 0.1) is 0 Å². The van der Waals surface area contributed by atoms with Gasteiger partial charge in [0.25, 0.3) is 0 Å². The van der Waals surface area contributed by atoms with Crippen molar-refractivity contribution in [2.24, 2.45) is 0 Å². The molecule has 1 fully saturated rings. The van der Waals surface area contributed by atoms with Gasteiger partial charge in [0.05, 0.1) is 7.11 Å². The first kappa shape index (κ1) is 12.1. The van der Waals surface area contributed by atoms with Gasteiger partial charge < -0.3 is 4.74 Å². The van der Waals surface area contributed by atoms with E-state index in [9.17, 15) is 0 Å². The molecule has 0 bridgehead atoms. The summed E-state index contributed by atoms with van der Waals surface area (Å²) in [6.45, 7) is 0. The molecule has 3 heteroatoms. The Balaban J connectivity index is 2.47. The summed E-state index contributed by atoms with van der Waals surface area (Å²) in [5.74, 6) is 1.55. The van der Waals surface area contributed by atoms with Crippen molar-refractivity contribution < 1.29 is 4.74 Å². The van der Waals surface area contributed by atoms with E-state index >= 15 is 0 Å². The van der Waals surface area contributed by atoms with E-state index in [-0.39, 0.29) is 5.41 Å². The zero-order valence-electron chi connectivity index (χ0n) is 9.43. The van der Waals surface area contributed by atoms with Crippen LogP contribution >= 0.6 is 23.2 Å². The SMILES string of the molecule is COc1ccc(Cl)cc1C1(CCl)CCCC1. The molecule has 0 N–H and O–H groups in total. The molecule has 0 amide bonds. The van der Waals surface area contributed by atoms with Crippen LogP contribution < -0.4 is 4.74 Å². The second-order valence-electron chi connectivity index (χ2n) is 4.47. The van der Waals surface area contributed by atoms with Gasteiger partial charge in [0.2, 0.25) is 0 Å². The summed E-state index contributed by atoms with van der Waals surface area (Å²) in [5.41, 5.74) is 1.24. The Hall–Kier alpha value is -0.400. The third kappa shape index (κ3) is 2.03. The number of hydrogen-bond donors (Lipinski definition) is 0. The fourth-order valence-electron chi connectivity index (χ4n) is 2.62. The smallest absolute Gasteiger partial charge is 0.122 e. The highest BCUT2D eigenvalue weighted by Crippen LogP contribution is 2.46. The molecule has 1 aliphatic rings. The van der Waals surface area contributed by atoms with Crippen LogP contribution in [0.1, 0.15) is 31.2 Å². The summed E-state index contributed by atoms with van der Waals surface area (Å²) in [6, 6.07) is 5.80. The molecule has 1 nitrogen and oxygen atoms in total. The Morgan fingerprint density at radius 3 is 2.56 bits per heavy atom. The van der Waals surface area contributed by atoms with Gasteiger partial charge in [0, 0.05) is 21.9 Å². The maximum Gasteiger partial charge on any atom is 0.122 e. The van der Waals surface area contributed by atoms with E-state index in [2.05, 4.69) is 0 Å². The van der Waals surface area contributed by atoms with E-state index in [4.69, 9.17) is 27.9 Å². The Morgan fingerprint density at radius 2 is 2.00 bits per heavy atom. The van der Waals surface area contributed by atoms with Gasteiger partial charge in [-0.25, -0.2) is 0 Å². The van der Waals surface area contributed by atoms with Gasteiger partial charge in [-0.3, -0.25) is 0 Å². The van der Waals surface area contributed by atoms with Crippen LogP contribution in [-0.2, 0) is 5.41 Å². The lowest BCUT2D eigenvalue weighted by molar-refractivity contribution is 0.387. The highest BCUT2D eigenvalue weighted by molar-refractivity contribution is 6.30. The Bertz CT molecular complexity index is 370. The van der Waals surface area contributed by atoms with Crippen LogP contribution in [0.5, 0.6) is 5.75 Å². The van der Waals surface area contributed by atoms with E-state index in [1.807, 2.05) is 18.2 Å². The first-order valence-electron chi connectivity index (χ1n) is 5.62. The second kappa shape index (κ2) is 4.85. The quantitative estimate of drug-likeness (QED) is 0.731. The average Bonchev–Trinajstić information content (AvgIpc) is 2.78. The van der Waals surface area contributed by atoms with E-state index in [0.717, 1.165) is 23.6 Å². The molecule has 0 unspecified atom stereocenters. The van der Waals surface area contributed by atoms with Crippen molar-refractivity contribution in [1.82, 2.24) is 0 Å². The zero-order valence-corrected chi connectivity index (χ0v) is 10.9. The van der Waals surface area contributed by atoms with Gasteiger partial charge in [0.1, 0.15) is 5.75 Å². The first-order chi connectivity index (χ1) is 7.72. The maximum absolute atomic E-state index is 6.18. The molecule has 88 valence electrons. The number of hydrogen-bond acceptors (Lipinski definition) is 1. The number of methoxy groups -OCH3 is 1. The summed E-state index contributed by atoms with van der Waals surface area (Å²) < 4.78 is 5.42. The van der Waals surface area contributed by atoms with Gasteiger partial charge in [-0.05, 0) is 31.0 Å². The van der Waals surface area contributed by atoms with Crippen molar-refractivity contribution in [3.8, 4) is 5.75 Å². The lowest BCUT2D eigenvalue weighted by atomic mass is 9.80. The minimum absolute atomic E-state index is 0.0673. The van der Waals surface area contributed by atoms with Crippen molar-refractivity contribution in [2.45, 2.75) is 31.1 Å². The van der Waals surface area contributed by atoms with E-state index in [1.165, 1.54) is 18.4 Å². The normalized spacial score (nSPS) is 18.7. The fraction of sp³-hybridized carbons (Fsp3) is 0.538. The molecule has 1 aromatic carbocycles. The van der Waals surface area contributed by atoms with Crippen molar-refractivity contribution in [3.05, 3.63) is 28.8 Å². The molecule has 0 radical (unpaired) electrons. The van der Waals surface area contributed by atoms with Gasteiger partial charge in [-0.15, -0.1) is 11.6 Å². The number of rotatable bonds is 3. The molecule has 16 heavy (non-hydrogen) atoms. The van der Waals surface area contributed by atoms with Gasteiger partial charge in [-0.2, -0.15) is 0 Å². The third-order valence-electron chi connectivity index (χ3n) is 3.55. The number of halogens is 2. The predicted molar refractivity (Wildman–Crippen MR) is 68.9 cm³/mol. The Labute approximate surface area is 107 Å². The molecule has 1 saturated carbocycles. The monoisotopic (exact) mass is 258 g/mol. The average molecular weight is 259 g/mol. The number of alkyl halides is 1. The van der Waals surface area contributed by atoms with Crippen LogP contribution in [0.25, 0.3) is 0 Å². The topological polar surface area (TPSA) is 9.23 Å². The highest BCUT2D eigenvalue weighted by atomic mass is 35.5. The largest absolute Gasteiger partial charge is 0.496 e. The number of ether oxygens (including phenoxy) is 1. The van der Waals surface area contributed by atoms with Crippen molar-refractivity contribution in [3.63, 3.8) is 0 Å². The minimum atomic E-state index is 0.0673. The highest BCUT2D eigenvalue weighted by Gasteiger charge is 2.37. The van der Waals surface area contributed by atoms with Crippen LogP contribution in [0.2, 0.25) is 5.02 Å². The van der Waals surface area contributed by atoms with Crippen LogP contribution in [0.4, 0.5) is 0 Å². The summed E-state index contributed by atoms with van der Waals surface area (Å²) in [7, 11) is 1.70. The first-order valence-corrected chi connectivity index (χ1v) is 6.53. The lowest BCUT2D eigenvalue weighted by Gasteiger charge is -2.28. The van der Waals surface area contributed by atoms with E-state index in [0.29, 0.717) is 5.88 Å². The summed E-state index contributed by atoms with van der Waals surface area (Å²) in [5, 5.41) is 0.757. The molecule has 1 aliphatic carbocycles. The zero-order chi connectivity index (χ0) is 11.6. The number of benzene rings is 1. The van der Waals surface area contributed by atoms with E-state index < -0.39 is 0 Å². The minimum Gasteiger partial charge on any atom is -0.496 e. The fourth-order valence-corrected chi connectivity index (χ4v) is 3.20. The van der Waals surface area contributed by atoms with Crippen molar-refractivity contribution >= 4 is 23.2 Å². The molecule has 0 saturated heterocycles. The second-order valence-corrected chi connectivity index (χ2v) is 5.17. The molecule has 2 rings (SSSR count). The van der Waals surface area contributed by atoms with Crippen LogP contribution in [0.15, 0.2) is 18.2 Å². The van der Waals surface area contributed by atoms with Crippen molar-refractivity contribution in [2.75, 3.05) is 13.0 Å². The molecule has 0 aromatic heterocycles. The summed E-state index contributed by atoms with van der Waals surface area (Å²) in [6.07, 6.45) is 4.74. The molecule has 0 aliphatic heterocycles. The maximum atomic E-state index is 6.18. The summed E-state index contributed by atoms with van der Waals surface area (Å²) in [4.78, 5) is 0. The van der Waals surface area contributed by atoms with Gasteiger partial charge in [-0.1, -0.05) is 24.4 Å². The molecular weight excluding hydrogens is 243 g/mol. The third-order valence-corrected chi connectivity index (χ3v) is 4.30.